The molecule has 11 heteroatoms. The van der Waals surface area contributed by atoms with Crippen molar-refractivity contribution in [3.05, 3.63) is 143 Å². The number of thioether (sulfide) groups is 1. The number of carbonyl (C=O) groups excluding carboxylic acids is 3. The molecule has 1 fully saturated rings. The van der Waals surface area contributed by atoms with Crippen molar-refractivity contribution in [2.24, 2.45) is 0 Å². The van der Waals surface area contributed by atoms with Crippen LogP contribution in [0.25, 0.3) is 0 Å². The van der Waals surface area contributed by atoms with E-state index in [1.807, 2.05) is 116 Å². The van der Waals surface area contributed by atoms with Gasteiger partial charge in [-0.1, -0.05) is 96.1 Å². The molecule has 3 atom stereocenters. The summed E-state index contributed by atoms with van der Waals surface area (Å²) in [6, 6.07) is 33.0. The Hall–Kier alpha value is -4.29. The first-order valence-corrected chi connectivity index (χ1v) is 19.2. The average molecular weight is 717 g/mol. The highest BCUT2D eigenvalue weighted by atomic mass is 32.2. The molecule has 50 heavy (non-hydrogen) atoms. The normalized spacial score (nSPS) is 16.1. The van der Waals surface area contributed by atoms with Crippen LogP contribution in [0.15, 0.2) is 109 Å². The Kier molecular flexibility index (Phi) is 14.4. The predicted octanol–water partition coefficient (Wildman–Crippen LogP) is 6.03. The molecule has 0 saturated carbocycles. The summed E-state index contributed by atoms with van der Waals surface area (Å²) >= 11 is 1.52. The van der Waals surface area contributed by atoms with Crippen molar-refractivity contribution in [3.8, 4) is 0 Å². The molecule has 1 aliphatic heterocycles. The number of rotatable bonds is 13. The predicted molar refractivity (Wildman–Crippen MR) is 197 cm³/mol. The van der Waals surface area contributed by atoms with Crippen molar-refractivity contribution in [2.45, 2.75) is 57.3 Å². The van der Waals surface area contributed by atoms with Gasteiger partial charge in [0.1, 0.15) is 11.7 Å². The number of aryl methyl sites for hydroxylation is 2. The van der Waals surface area contributed by atoms with Gasteiger partial charge in [-0.2, -0.15) is 8.42 Å². The molecule has 0 aromatic heterocycles. The maximum atomic E-state index is 13.0. The SMILES string of the molecule is Cc1ccc(C(=O)N(Cc2ccccc2)C(C=O)CCOS(C)(=O)=O)cc1.Cc1ccc(C(=O)N(Cc2ccccc2)C2CCSC2O)cc1. The van der Waals surface area contributed by atoms with Crippen LogP contribution in [0, 0.1) is 13.8 Å². The lowest BCUT2D eigenvalue weighted by molar-refractivity contribution is -0.112. The van der Waals surface area contributed by atoms with Gasteiger partial charge in [-0.3, -0.25) is 13.8 Å². The van der Waals surface area contributed by atoms with E-state index in [0.717, 1.165) is 40.7 Å². The largest absolute Gasteiger partial charge is 0.380 e. The number of aliphatic hydroxyl groups is 1. The monoisotopic (exact) mass is 716 g/mol. The third kappa shape index (κ3) is 11.7. The first kappa shape index (κ1) is 38.5. The molecule has 0 aliphatic carbocycles. The van der Waals surface area contributed by atoms with E-state index in [-0.39, 0.29) is 37.4 Å². The van der Waals surface area contributed by atoms with Gasteiger partial charge in [-0.15, -0.1) is 11.8 Å². The van der Waals surface area contributed by atoms with Crippen molar-refractivity contribution in [1.29, 1.82) is 0 Å². The van der Waals surface area contributed by atoms with Gasteiger partial charge in [-0.25, -0.2) is 0 Å². The van der Waals surface area contributed by atoms with Crippen molar-refractivity contribution in [3.63, 3.8) is 0 Å². The van der Waals surface area contributed by atoms with Gasteiger partial charge in [0, 0.05) is 24.2 Å². The van der Waals surface area contributed by atoms with Crippen LogP contribution in [0.3, 0.4) is 0 Å². The minimum absolute atomic E-state index is 0.0135. The number of carbonyl (C=O) groups is 3. The molecule has 2 amide bonds. The van der Waals surface area contributed by atoms with E-state index in [9.17, 15) is 27.9 Å². The molecule has 1 aliphatic rings. The molecule has 0 radical (unpaired) electrons. The molecule has 1 N–H and O–H groups in total. The Balaban J connectivity index is 0.000000227. The van der Waals surface area contributed by atoms with E-state index in [2.05, 4.69) is 0 Å². The highest BCUT2D eigenvalue weighted by Crippen LogP contribution is 2.31. The summed E-state index contributed by atoms with van der Waals surface area (Å²) in [7, 11) is -3.61. The highest BCUT2D eigenvalue weighted by Gasteiger charge is 2.34. The number of aldehydes is 1. The Morgan fingerprint density at radius 2 is 1.32 bits per heavy atom. The summed E-state index contributed by atoms with van der Waals surface area (Å²) in [5.41, 5.74) is 4.74. The van der Waals surface area contributed by atoms with E-state index >= 15 is 0 Å². The van der Waals surface area contributed by atoms with Gasteiger partial charge in [0.25, 0.3) is 21.9 Å². The van der Waals surface area contributed by atoms with Crippen LogP contribution in [-0.2, 0) is 32.2 Å². The summed E-state index contributed by atoms with van der Waals surface area (Å²) < 4.78 is 27.1. The van der Waals surface area contributed by atoms with Crippen LogP contribution >= 0.6 is 11.8 Å². The lowest BCUT2D eigenvalue weighted by Gasteiger charge is -2.31. The molecular formula is C39H44N2O7S2. The van der Waals surface area contributed by atoms with E-state index in [4.69, 9.17) is 4.18 Å². The van der Waals surface area contributed by atoms with E-state index in [1.165, 1.54) is 16.7 Å². The van der Waals surface area contributed by atoms with E-state index in [0.29, 0.717) is 24.0 Å². The number of hydrogen-bond acceptors (Lipinski definition) is 8. The average Bonchev–Trinajstić information content (AvgIpc) is 3.54. The summed E-state index contributed by atoms with van der Waals surface area (Å²) in [4.78, 5) is 41.0. The second kappa shape index (κ2) is 18.6. The number of aliphatic hydroxyl groups excluding tert-OH is 1. The highest BCUT2D eigenvalue weighted by molar-refractivity contribution is 8.00. The van der Waals surface area contributed by atoms with Crippen molar-refractivity contribution in [1.82, 2.24) is 9.80 Å². The number of hydrogen-bond donors (Lipinski definition) is 1. The minimum Gasteiger partial charge on any atom is -0.380 e. The quantitative estimate of drug-likeness (QED) is 0.132. The van der Waals surface area contributed by atoms with Gasteiger partial charge in [0.2, 0.25) is 0 Å². The zero-order valence-electron chi connectivity index (χ0n) is 28.6. The summed E-state index contributed by atoms with van der Waals surface area (Å²) in [6.45, 7) is 4.51. The maximum Gasteiger partial charge on any atom is 0.264 e. The molecule has 5 rings (SSSR count). The summed E-state index contributed by atoms with van der Waals surface area (Å²) in [5.74, 6) is 0.578. The lowest BCUT2D eigenvalue weighted by atomic mass is 10.1. The summed E-state index contributed by atoms with van der Waals surface area (Å²) in [5, 5.41) is 10.2. The number of benzene rings is 4. The van der Waals surface area contributed by atoms with Gasteiger partial charge >= 0.3 is 0 Å². The van der Waals surface area contributed by atoms with Crippen LogP contribution in [0.1, 0.15) is 55.8 Å². The molecule has 264 valence electrons. The summed E-state index contributed by atoms with van der Waals surface area (Å²) in [6.07, 6.45) is 2.51. The second-order valence-electron chi connectivity index (χ2n) is 12.2. The zero-order chi connectivity index (χ0) is 36.1. The van der Waals surface area contributed by atoms with Crippen LogP contribution in [0.4, 0.5) is 0 Å². The fraction of sp³-hybridized carbons (Fsp3) is 0.308. The molecule has 0 bridgehead atoms. The first-order valence-electron chi connectivity index (χ1n) is 16.4. The standard InChI is InChI=1S/C20H23NO5S.C19H21NO2S/c1-16-8-10-18(11-9-16)20(23)21(14-17-6-4-3-5-7-17)19(15-22)12-13-26-27(2,24)25;1-14-7-9-16(10-8-14)18(21)20(17-11-12-23-19(17)22)13-15-5-3-2-4-6-15/h3-11,15,19H,12-14H2,1-2H3;2-10,17,19,22H,11-13H2,1H3. The molecule has 3 unspecified atom stereocenters. The molecule has 9 nitrogen and oxygen atoms in total. The van der Waals surface area contributed by atoms with Crippen molar-refractivity contribution in [2.75, 3.05) is 18.6 Å². The van der Waals surface area contributed by atoms with Gasteiger partial charge in [0.15, 0.2) is 0 Å². The van der Waals surface area contributed by atoms with E-state index < -0.39 is 21.6 Å². The van der Waals surface area contributed by atoms with Crippen LogP contribution < -0.4 is 0 Å². The fourth-order valence-corrected chi connectivity index (χ4v) is 6.98. The van der Waals surface area contributed by atoms with Crippen LogP contribution in [-0.4, -0.2) is 77.6 Å². The third-order valence-electron chi connectivity index (χ3n) is 8.21. The maximum absolute atomic E-state index is 13.0. The Labute approximate surface area is 299 Å². The van der Waals surface area contributed by atoms with Gasteiger partial charge in [-0.05, 0) is 67.8 Å². The molecule has 0 spiro atoms. The molecule has 4 aromatic rings. The van der Waals surface area contributed by atoms with Crippen LogP contribution in [0.2, 0.25) is 0 Å². The Bertz CT molecular complexity index is 1790. The van der Waals surface area contributed by atoms with Crippen molar-refractivity contribution >= 4 is 40.0 Å². The Morgan fingerprint density at radius 3 is 1.78 bits per heavy atom. The fourth-order valence-electron chi connectivity index (χ4n) is 5.45. The zero-order valence-corrected chi connectivity index (χ0v) is 30.2. The molecule has 1 heterocycles. The number of nitrogens with zero attached hydrogens (tertiary/aromatic N) is 2. The van der Waals surface area contributed by atoms with Crippen molar-refractivity contribution < 1.29 is 32.1 Å². The molecular weight excluding hydrogens is 673 g/mol. The number of amides is 2. The Morgan fingerprint density at radius 1 is 0.820 bits per heavy atom. The van der Waals surface area contributed by atoms with E-state index in [1.54, 1.807) is 12.1 Å². The first-order chi connectivity index (χ1) is 23.9. The minimum atomic E-state index is -3.61. The van der Waals surface area contributed by atoms with Gasteiger partial charge in [0.05, 0.1) is 24.9 Å². The second-order valence-corrected chi connectivity index (χ2v) is 15.1. The lowest BCUT2D eigenvalue weighted by Crippen LogP contribution is -2.43. The van der Waals surface area contributed by atoms with Crippen LogP contribution in [0.5, 0.6) is 0 Å². The topological polar surface area (TPSA) is 121 Å². The third-order valence-corrected chi connectivity index (χ3v) is 9.93. The molecule has 1 saturated heterocycles. The smallest absolute Gasteiger partial charge is 0.264 e. The van der Waals surface area contributed by atoms with Gasteiger partial charge < -0.3 is 19.7 Å². The molecule has 4 aromatic carbocycles.